The molecule has 0 bridgehead atoms. The van der Waals surface area contributed by atoms with Crippen molar-refractivity contribution in [3.8, 4) is 0 Å². The van der Waals surface area contributed by atoms with Gasteiger partial charge in [-0.3, -0.25) is 14.4 Å². The Balaban J connectivity index is 1.42. The number of para-hydroxylation sites is 1. The number of carbonyl (C=O) groups is 3. The topological polar surface area (TPSA) is 78.5 Å². The van der Waals surface area contributed by atoms with Crippen molar-refractivity contribution in [2.24, 2.45) is 5.92 Å². The average molecular weight is 442 g/mol. The van der Waals surface area contributed by atoms with Gasteiger partial charge >= 0.3 is 0 Å². The van der Waals surface area contributed by atoms with Gasteiger partial charge in [-0.25, -0.2) is 0 Å². The molecule has 1 fully saturated rings. The minimum Gasteiger partial charge on any atom is -0.348 e. The Morgan fingerprint density at radius 3 is 2.45 bits per heavy atom. The van der Waals surface area contributed by atoms with E-state index in [0.29, 0.717) is 24.3 Å². The lowest BCUT2D eigenvalue weighted by atomic mass is 10.1. The fraction of sp³-hybridized carbons (Fsp3) is 0.222. The molecule has 1 saturated heterocycles. The summed E-state index contributed by atoms with van der Waals surface area (Å²) in [5.41, 5.74) is 4.83. The summed E-state index contributed by atoms with van der Waals surface area (Å²) in [7, 11) is 0. The van der Waals surface area contributed by atoms with Crippen molar-refractivity contribution in [2.45, 2.75) is 26.8 Å². The summed E-state index contributed by atoms with van der Waals surface area (Å²) in [5, 5.41) is 5.77. The molecule has 168 valence electrons. The Bertz CT molecular complexity index is 1190. The summed E-state index contributed by atoms with van der Waals surface area (Å²) >= 11 is 0. The van der Waals surface area contributed by atoms with E-state index >= 15 is 0 Å². The fourth-order valence-corrected chi connectivity index (χ4v) is 3.94. The van der Waals surface area contributed by atoms with E-state index in [2.05, 4.69) is 10.6 Å². The molecular formula is C27H27N3O3. The lowest BCUT2D eigenvalue weighted by Gasteiger charge is -2.17. The Morgan fingerprint density at radius 2 is 1.70 bits per heavy atom. The zero-order chi connectivity index (χ0) is 23.4. The summed E-state index contributed by atoms with van der Waals surface area (Å²) in [6.07, 6.45) is 0.140. The van der Waals surface area contributed by atoms with E-state index in [1.165, 1.54) is 0 Å². The van der Waals surface area contributed by atoms with E-state index in [-0.39, 0.29) is 24.1 Å². The number of benzene rings is 3. The second-order valence-corrected chi connectivity index (χ2v) is 8.45. The molecule has 4 rings (SSSR count). The molecule has 0 spiro atoms. The quantitative estimate of drug-likeness (QED) is 0.601. The van der Waals surface area contributed by atoms with Gasteiger partial charge in [0.15, 0.2) is 0 Å². The van der Waals surface area contributed by atoms with Crippen LogP contribution in [0.1, 0.15) is 33.5 Å². The molecular weight excluding hydrogens is 414 g/mol. The van der Waals surface area contributed by atoms with Crippen molar-refractivity contribution in [1.82, 2.24) is 5.32 Å². The number of anilines is 2. The normalized spacial score (nSPS) is 15.4. The first-order valence-electron chi connectivity index (χ1n) is 11.0. The Morgan fingerprint density at radius 1 is 0.939 bits per heavy atom. The summed E-state index contributed by atoms with van der Waals surface area (Å²) in [4.78, 5) is 40.0. The van der Waals surface area contributed by atoms with Crippen LogP contribution in [-0.4, -0.2) is 24.3 Å². The van der Waals surface area contributed by atoms with E-state index in [9.17, 15) is 14.4 Å². The number of amides is 3. The number of rotatable bonds is 6. The van der Waals surface area contributed by atoms with Gasteiger partial charge in [0.1, 0.15) is 0 Å². The largest absolute Gasteiger partial charge is 0.348 e. The molecule has 1 atom stereocenters. The summed E-state index contributed by atoms with van der Waals surface area (Å²) < 4.78 is 0. The molecule has 3 aromatic carbocycles. The van der Waals surface area contributed by atoms with Gasteiger partial charge in [0.25, 0.3) is 5.91 Å². The lowest BCUT2D eigenvalue weighted by Crippen LogP contribution is -2.29. The van der Waals surface area contributed by atoms with E-state index in [1.807, 2.05) is 62.4 Å². The van der Waals surface area contributed by atoms with Crippen LogP contribution in [0.15, 0.2) is 72.8 Å². The third-order valence-electron chi connectivity index (χ3n) is 5.81. The maximum atomic E-state index is 13.0. The molecule has 6 heteroatoms. The molecule has 0 radical (unpaired) electrons. The minimum atomic E-state index is -0.485. The molecule has 0 saturated carbocycles. The lowest BCUT2D eigenvalue weighted by molar-refractivity contribution is -0.122. The number of hydrogen-bond donors (Lipinski definition) is 2. The predicted molar refractivity (Wildman–Crippen MR) is 129 cm³/mol. The molecule has 0 aromatic heterocycles. The van der Waals surface area contributed by atoms with Crippen LogP contribution < -0.4 is 15.5 Å². The van der Waals surface area contributed by atoms with Gasteiger partial charge in [-0.15, -0.1) is 0 Å². The van der Waals surface area contributed by atoms with Gasteiger partial charge in [-0.1, -0.05) is 54.1 Å². The number of hydrogen-bond acceptors (Lipinski definition) is 3. The first kappa shape index (κ1) is 22.3. The maximum Gasteiger partial charge on any atom is 0.253 e. The third-order valence-corrected chi connectivity index (χ3v) is 5.81. The highest BCUT2D eigenvalue weighted by Gasteiger charge is 2.35. The Kier molecular flexibility index (Phi) is 6.54. The molecule has 2 N–H and O–H groups in total. The van der Waals surface area contributed by atoms with Crippen molar-refractivity contribution in [3.63, 3.8) is 0 Å². The van der Waals surface area contributed by atoms with Gasteiger partial charge in [0.2, 0.25) is 11.8 Å². The van der Waals surface area contributed by atoms with Crippen molar-refractivity contribution in [3.05, 3.63) is 95.1 Å². The van der Waals surface area contributed by atoms with Crippen LogP contribution in [0.3, 0.4) is 0 Å². The van der Waals surface area contributed by atoms with Gasteiger partial charge in [-0.2, -0.15) is 0 Å². The first-order valence-corrected chi connectivity index (χ1v) is 11.0. The van der Waals surface area contributed by atoms with Gasteiger partial charge in [0.05, 0.1) is 17.2 Å². The number of aryl methyl sites for hydroxylation is 2. The highest BCUT2D eigenvalue weighted by Crippen LogP contribution is 2.27. The number of nitrogens with zero attached hydrogens (tertiary/aromatic N) is 1. The monoisotopic (exact) mass is 441 g/mol. The Labute approximate surface area is 193 Å². The highest BCUT2D eigenvalue weighted by atomic mass is 16.2. The van der Waals surface area contributed by atoms with Gasteiger partial charge < -0.3 is 15.5 Å². The molecule has 6 nitrogen and oxygen atoms in total. The molecule has 1 aliphatic rings. The average Bonchev–Trinajstić information content (AvgIpc) is 3.21. The number of carbonyl (C=O) groups excluding carboxylic acids is 3. The predicted octanol–water partition coefficient (Wildman–Crippen LogP) is 4.23. The molecule has 0 aliphatic carbocycles. The van der Waals surface area contributed by atoms with Crippen LogP contribution in [0.2, 0.25) is 0 Å². The molecule has 33 heavy (non-hydrogen) atoms. The second kappa shape index (κ2) is 9.69. The summed E-state index contributed by atoms with van der Waals surface area (Å²) in [6, 6.07) is 22.5. The molecule has 3 aromatic rings. The molecule has 1 heterocycles. The van der Waals surface area contributed by atoms with Gasteiger partial charge in [-0.05, 0) is 49.2 Å². The zero-order valence-electron chi connectivity index (χ0n) is 18.8. The number of nitrogens with one attached hydrogen (secondary N) is 2. The standard InChI is InChI=1S/C27H27N3O3/c1-18-10-12-20(13-11-18)16-28-27(33)23-8-3-4-9-24(23)29-26(32)21-15-25(31)30(17-21)22-7-5-6-19(2)14-22/h3-14,21H,15-17H2,1-2H3,(H,28,33)(H,29,32)/t21-/m1/s1. The fourth-order valence-electron chi connectivity index (χ4n) is 3.94. The van der Waals surface area contributed by atoms with Crippen LogP contribution in [0.4, 0.5) is 11.4 Å². The van der Waals surface area contributed by atoms with Crippen LogP contribution in [0.5, 0.6) is 0 Å². The second-order valence-electron chi connectivity index (χ2n) is 8.45. The zero-order valence-corrected chi connectivity index (χ0v) is 18.8. The SMILES string of the molecule is Cc1ccc(CNC(=O)c2ccccc2NC(=O)[C@@H]2CC(=O)N(c3cccc(C)c3)C2)cc1. The van der Waals surface area contributed by atoms with E-state index in [4.69, 9.17) is 0 Å². The smallest absolute Gasteiger partial charge is 0.253 e. The molecule has 3 amide bonds. The van der Waals surface area contributed by atoms with Crippen LogP contribution >= 0.6 is 0 Å². The van der Waals surface area contributed by atoms with Crippen LogP contribution in [-0.2, 0) is 16.1 Å². The first-order chi connectivity index (χ1) is 15.9. The van der Waals surface area contributed by atoms with Crippen molar-refractivity contribution >= 4 is 29.1 Å². The van der Waals surface area contributed by atoms with E-state index in [0.717, 1.165) is 22.4 Å². The van der Waals surface area contributed by atoms with E-state index in [1.54, 1.807) is 29.2 Å². The summed E-state index contributed by atoms with van der Waals surface area (Å²) in [6.45, 7) is 4.69. The highest BCUT2D eigenvalue weighted by molar-refractivity contribution is 6.07. The third kappa shape index (κ3) is 5.29. The minimum absolute atomic E-state index is 0.0788. The van der Waals surface area contributed by atoms with E-state index < -0.39 is 5.92 Å². The van der Waals surface area contributed by atoms with Crippen LogP contribution in [0, 0.1) is 19.8 Å². The van der Waals surface area contributed by atoms with Crippen molar-refractivity contribution in [1.29, 1.82) is 0 Å². The van der Waals surface area contributed by atoms with Crippen molar-refractivity contribution in [2.75, 3.05) is 16.8 Å². The van der Waals surface area contributed by atoms with Crippen LogP contribution in [0.25, 0.3) is 0 Å². The summed E-state index contributed by atoms with van der Waals surface area (Å²) in [5.74, 6) is -1.10. The maximum absolute atomic E-state index is 13.0. The molecule has 0 unspecified atom stereocenters. The molecule has 1 aliphatic heterocycles. The van der Waals surface area contributed by atoms with Crippen molar-refractivity contribution < 1.29 is 14.4 Å². The van der Waals surface area contributed by atoms with Gasteiger partial charge in [0, 0.05) is 25.2 Å². The Hall–Kier alpha value is -3.93.